The first kappa shape index (κ1) is 19.6. The van der Waals surface area contributed by atoms with Crippen LogP contribution in [0.1, 0.15) is 25.5 Å². The molecule has 120 valence electrons. The number of halogens is 3. The lowest BCUT2D eigenvalue weighted by atomic mass is 10.1. The summed E-state index contributed by atoms with van der Waals surface area (Å²) in [5.74, 6) is -0.263. The average molecular weight is 323 g/mol. The van der Waals surface area contributed by atoms with E-state index in [0.717, 1.165) is 0 Å². The zero-order valence-corrected chi connectivity index (χ0v) is 13.0. The van der Waals surface area contributed by atoms with Crippen LogP contribution >= 0.6 is 12.4 Å². The fourth-order valence-corrected chi connectivity index (χ4v) is 1.87. The van der Waals surface area contributed by atoms with E-state index in [4.69, 9.17) is 0 Å². The summed E-state index contributed by atoms with van der Waals surface area (Å²) in [4.78, 5) is 11.9. The zero-order valence-electron chi connectivity index (χ0n) is 12.2. The minimum atomic E-state index is -2.89. The van der Waals surface area contributed by atoms with Crippen LogP contribution in [0.15, 0.2) is 24.3 Å². The number of carbonyl (C=O) groups is 1. The van der Waals surface area contributed by atoms with Crippen LogP contribution in [0.25, 0.3) is 0 Å². The maximum Gasteiger partial charge on any atom is 0.387 e. The molecule has 21 heavy (non-hydrogen) atoms. The van der Waals surface area contributed by atoms with Gasteiger partial charge in [0.25, 0.3) is 0 Å². The normalized spacial score (nSPS) is 13.2. The number of benzene rings is 1. The van der Waals surface area contributed by atoms with Crippen LogP contribution < -0.4 is 15.4 Å². The minimum absolute atomic E-state index is 0. The molecule has 1 rings (SSSR count). The Morgan fingerprint density at radius 2 is 1.90 bits per heavy atom. The van der Waals surface area contributed by atoms with Crippen molar-refractivity contribution in [1.82, 2.24) is 10.6 Å². The number of ether oxygens (including phenoxy) is 1. The van der Waals surface area contributed by atoms with E-state index in [1.807, 2.05) is 0 Å². The summed E-state index contributed by atoms with van der Waals surface area (Å²) >= 11 is 0. The fraction of sp³-hybridized carbons (Fsp3) is 0.500. The molecular formula is C14H21ClF2N2O2. The molecule has 2 atom stereocenters. The van der Waals surface area contributed by atoms with E-state index in [2.05, 4.69) is 15.4 Å². The van der Waals surface area contributed by atoms with Gasteiger partial charge in [-0.2, -0.15) is 8.78 Å². The average Bonchev–Trinajstić information content (AvgIpc) is 2.38. The lowest BCUT2D eigenvalue weighted by molar-refractivity contribution is -0.125. The molecule has 0 aliphatic carbocycles. The molecule has 1 aromatic carbocycles. The van der Waals surface area contributed by atoms with Crippen molar-refractivity contribution >= 4 is 18.3 Å². The van der Waals surface area contributed by atoms with Crippen molar-refractivity contribution in [2.24, 2.45) is 5.92 Å². The highest BCUT2D eigenvalue weighted by molar-refractivity contribution is 5.85. The van der Waals surface area contributed by atoms with Crippen LogP contribution in [0, 0.1) is 5.92 Å². The standard InChI is InChI=1S/C14H20F2N2O2.ClH/c1-9(8-17-3)13(19)18-10(2)11-6-4-5-7-12(11)20-14(15)16;/h4-7,9-10,14,17H,8H2,1-3H3,(H,18,19);1H. The van der Waals surface area contributed by atoms with Gasteiger partial charge in [0.1, 0.15) is 5.75 Å². The van der Waals surface area contributed by atoms with Crippen molar-refractivity contribution < 1.29 is 18.3 Å². The van der Waals surface area contributed by atoms with Gasteiger partial charge in [0.05, 0.1) is 6.04 Å². The number of nitrogens with one attached hydrogen (secondary N) is 2. The minimum Gasteiger partial charge on any atom is -0.434 e. The third-order valence-corrected chi connectivity index (χ3v) is 2.92. The molecule has 0 bridgehead atoms. The monoisotopic (exact) mass is 322 g/mol. The topological polar surface area (TPSA) is 50.4 Å². The number of para-hydroxylation sites is 1. The molecule has 0 saturated carbocycles. The smallest absolute Gasteiger partial charge is 0.387 e. The van der Waals surface area contributed by atoms with Crippen molar-refractivity contribution in [3.8, 4) is 5.75 Å². The molecule has 0 aromatic heterocycles. The Labute approximate surface area is 129 Å². The summed E-state index contributed by atoms with van der Waals surface area (Å²) in [5, 5.41) is 5.70. The lowest BCUT2D eigenvalue weighted by Gasteiger charge is -2.20. The quantitative estimate of drug-likeness (QED) is 0.811. The number of carbonyl (C=O) groups excluding carboxylic acids is 1. The SMILES string of the molecule is CNCC(C)C(=O)NC(C)c1ccccc1OC(F)F.Cl. The van der Waals surface area contributed by atoms with Gasteiger partial charge in [0.2, 0.25) is 5.91 Å². The van der Waals surface area contributed by atoms with Crippen LogP contribution in [0.2, 0.25) is 0 Å². The summed E-state index contributed by atoms with van der Waals surface area (Å²) in [7, 11) is 1.76. The van der Waals surface area contributed by atoms with E-state index in [9.17, 15) is 13.6 Å². The van der Waals surface area contributed by atoms with Gasteiger partial charge < -0.3 is 15.4 Å². The van der Waals surface area contributed by atoms with Gasteiger partial charge in [-0.15, -0.1) is 12.4 Å². The van der Waals surface area contributed by atoms with Gasteiger partial charge in [-0.3, -0.25) is 4.79 Å². The first-order chi connectivity index (χ1) is 9.45. The van der Waals surface area contributed by atoms with E-state index in [0.29, 0.717) is 12.1 Å². The fourth-order valence-electron chi connectivity index (χ4n) is 1.87. The van der Waals surface area contributed by atoms with Crippen LogP contribution in [-0.2, 0) is 4.79 Å². The second kappa shape index (κ2) is 9.52. The number of hydrogen-bond donors (Lipinski definition) is 2. The number of alkyl halides is 2. The lowest BCUT2D eigenvalue weighted by Crippen LogP contribution is -2.35. The van der Waals surface area contributed by atoms with Gasteiger partial charge in [-0.25, -0.2) is 0 Å². The number of rotatable bonds is 7. The molecule has 4 nitrogen and oxygen atoms in total. The Bertz CT molecular complexity index is 447. The molecule has 0 fully saturated rings. The van der Waals surface area contributed by atoms with Crippen molar-refractivity contribution in [1.29, 1.82) is 0 Å². The van der Waals surface area contributed by atoms with E-state index in [-0.39, 0.29) is 30.0 Å². The molecule has 0 radical (unpaired) electrons. The molecule has 0 aliphatic rings. The Balaban J connectivity index is 0.00000400. The molecule has 2 unspecified atom stereocenters. The highest BCUT2D eigenvalue weighted by Gasteiger charge is 2.19. The predicted molar refractivity (Wildman–Crippen MR) is 80.0 cm³/mol. The molecule has 2 N–H and O–H groups in total. The summed E-state index contributed by atoms with van der Waals surface area (Å²) in [6, 6.07) is 6.04. The highest BCUT2D eigenvalue weighted by Crippen LogP contribution is 2.26. The number of hydrogen-bond acceptors (Lipinski definition) is 3. The van der Waals surface area contributed by atoms with Gasteiger partial charge in [0.15, 0.2) is 0 Å². The summed E-state index contributed by atoms with van der Waals surface area (Å²) in [5.41, 5.74) is 0.526. The third kappa shape index (κ3) is 6.27. The Morgan fingerprint density at radius 1 is 1.29 bits per heavy atom. The predicted octanol–water partition coefficient (Wildman–Crippen LogP) is 2.74. The number of amides is 1. The van der Waals surface area contributed by atoms with Gasteiger partial charge in [-0.05, 0) is 20.0 Å². The van der Waals surface area contributed by atoms with E-state index in [1.165, 1.54) is 6.07 Å². The summed E-state index contributed by atoms with van der Waals surface area (Å²) < 4.78 is 29.1. The van der Waals surface area contributed by atoms with Crippen LogP contribution in [0.5, 0.6) is 5.75 Å². The molecule has 7 heteroatoms. The van der Waals surface area contributed by atoms with Crippen molar-refractivity contribution in [3.05, 3.63) is 29.8 Å². The second-order valence-corrected chi connectivity index (χ2v) is 4.61. The van der Waals surface area contributed by atoms with Gasteiger partial charge in [0, 0.05) is 18.0 Å². The first-order valence-electron chi connectivity index (χ1n) is 6.44. The van der Waals surface area contributed by atoms with Crippen LogP contribution in [0.4, 0.5) is 8.78 Å². The van der Waals surface area contributed by atoms with Gasteiger partial charge >= 0.3 is 6.61 Å². The van der Waals surface area contributed by atoms with E-state index in [1.54, 1.807) is 39.1 Å². The molecule has 0 saturated heterocycles. The Kier molecular flexibility index (Phi) is 8.89. The second-order valence-electron chi connectivity index (χ2n) is 4.61. The molecule has 0 spiro atoms. The molecule has 0 aliphatic heterocycles. The molecule has 1 aromatic rings. The van der Waals surface area contributed by atoms with Crippen LogP contribution in [0.3, 0.4) is 0 Å². The summed E-state index contributed by atoms with van der Waals surface area (Å²) in [6.45, 7) is 1.19. The zero-order chi connectivity index (χ0) is 15.1. The molecule has 0 heterocycles. The molecular weight excluding hydrogens is 302 g/mol. The Hall–Kier alpha value is -1.40. The van der Waals surface area contributed by atoms with E-state index >= 15 is 0 Å². The maximum atomic E-state index is 12.3. The van der Waals surface area contributed by atoms with Crippen molar-refractivity contribution in [2.45, 2.75) is 26.5 Å². The largest absolute Gasteiger partial charge is 0.434 e. The molecule has 1 amide bonds. The van der Waals surface area contributed by atoms with Gasteiger partial charge in [-0.1, -0.05) is 25.1 Å². The maximum absolute atomic E-state index is 12.3. The highest BCUT2D eigenvalue weighted by atomic mass is 35.5. The van der Waals surface area contributed by atoms with Crippen molar-refractivity contribution in [3.63, 3.8) is 0 Å². The Morgan fingerprint density at radius 3 is 2.48 bits per heavy atom. The van der Waals surface area contributed by atoms with Crippen LogP contribution in [-0.4, -0.2) is 26.1 Å². The van der Waals surface area contributed by atoms with Crippen molar-refractivity contribution in [2.75, 3.05) is 13.6 Å². The third-order valence-electron chi connectivity index (χ3n) is 2.92. The van der Waals surface area contributed by atoms with E-state index < -0.39 is 12.7 Å². The summed E-state index contributed by atoms with van der Waals surface area (Å²) in [6.07, 6.45) is 0. The first-order valence-corrected chi connectivity index (χ1v) is 6.44.